The molecule has 12 heavy (non-hydrogen) atoms. The van der Waals surface area contributed by atoms with Gasteiger partial charge in [0.25, 0.3) is 5.95 Å². The predicted octanol–water partition coefficient (Wildman–Crippen LogP) is 2.10. The molecule has 0 aromatic carbocycles. The largest absolute Gasteiger partial charge is 0.431 e. The number of rotatable bonds is 2. The summed E-state index contributed by atoms with van der Waals surface area (Å²) in [4.78, 5) is 0. The molecule has 0 aliphatic heterocycles. The molecular weight excluding hydrogens is 156 g/mol. The predicted molar refractivity (Wildman–Crippen MR) is 42.1 cm³/mol. The van der Waals surface area contributed by atoms with Crippen LogP contribution in [0.4, 0.5) is 0 Å². The van der Waals surface area contributed by atoms with Crippen LogP contribution in [0, 0.1) is 6.92 Å². The summed E-state index contributed by atoms with van der Waals surface area (Å²) >= 11 is 0. The van der Waals surface area contributed by atoms with Gasteiger partial charge in [0, 0.05) is 6.07 Å². The van der Waals surface area contributed by atoms with Gasteiger partial charge >= 0.3 is 0 Å². The number of aromatic amines is 1. The van der Waals surface area contributed by atoms with Crippen molar-refractivity contribution in [2.24, 2.45) is 0 Å². The van der Waals surface area contributed by atoms with E-state index in [1.54, 1.807) is 18.5 Å². The molecule has 0 fully saturated rings. The number of nitrogens with zero attached hydrogens (tertiary/aromatic N) is 1. The van der Waals surface area contributed by atoms with Crippen LogP contribution in [0.25, 0.3) is 0 Å². The molecule has 0 saturated heterocycles. The fourth-order valence-corrected chi connectivity index (χ4v) is 0.878. The van der Waals surface area contributed by atoms with Crippen molar-refractivity contribution in [3.63, 3.8) is 0 Å². The zero-order valence-electron chi connectivity index (χ0n) is 6.57. The van der Waals surface area contributed by atoms with E-state index in [1.165, 1.54) is 0 Å². The molecule has 2 aromatic rings. The Bertz CT molecular complexity index is 351. The molecule has 2 aromatic heterocycles. The minimum absolute atomic E-state index is 0.480. The van der Waals surface area contributed by atoms with Gasteiger partial charge < -0.3 is 9.15 Å². The SMILES string of the molecule is Cc1ccc(Oc2cn[nH]c2)o1. The molecule has 0 aliphatic carbocycles. The van der Waals surface area contributed by atoms with Crippen molar-refractivity contribution >= 4 is 0 Å². The maximum atomic E-state index is 5.28. The average Bonchev–Trinajstić information content (AvgIpc) is 2.63. The highest BCUT2D eigenvalue weighted by Crippen LogP contribution is 2.21. The normalized spacial score (nSPS) is 10.1. The summed E-state index contributed by atoms with van der Waals surface area (Å²) in [6, 6.07) is 3.61. The summed E-state index contributed by atoms with van der Waals surface area (Å²) in [6.07, 6.45) is 3.23. The van der Waals surface area contributed by atoms with E-state index in [1.807, 2.05) is 13.0 Å². The molecule has 0 spiro atoms. The number of aromatic nitrogens is 2. The van der Waals surface area contributed by atoms with E-state index in [4.69, 9.17) is 9.15 Å². The zero-order chi connectivity index (χ0) is 8.39. The van der Waals surface area contributed by atoms with Crippen LogP contribution in [0.15, 0.2) is 28.9 Å². The molecule has 2 rings (SSSR count). The standard InChI is InChI=1S/C8H8N2O2/c1-6-2-3-8(11-6)12-7-4-9-10-5-7/h2-5H,1H3,(H,9,10). The lowest BCUT2D eigenvalue weighted by Gasteiger charge is -1.94. The molecule has 4 heteroatoms. The topological polar surface area (TPSA) is 51.0 Å². The highest BCUT2D eigenvalue weighted by molar-refractivity contribution is 5.20. The third kappa shape index (κ3) is 1.32. The number of aryl methyl sites for hydroxylation is 1. The first-order valence-electron chi connectivity index (χ1n) is 3.58. The summed E-state index contributed by atoms with van der Waals surface area (Å²) < 4.78 is 10.5. The van der Waals surface area contributed by atoms with Gasteiger partial charge in [0.1, 0.15) is 5.76 Å². The molecule has 0 radical (unpaired) electrons. The summed E-state index contributed by atoms with van der Waals surface area (Å²) in [5, 5.41) is 6.37. The molecule has 1 N–H and O–H groups in total. The number of ether oxygens (including phenoxy) is 1. The van der Waals surface area contributed by atoms with Crippen LogP contribution in [0.5, 0.6) is 11.7 Å². The van der Waals surface area contributed by atoms with Gasteiger partial charge in [-0.1, -0.05) is 0 Å². The van der Waals surface area contributed by atoms with Crippen LogP contribution in [0.3, 0.4) is 0 Å². The quantitative estimate of drug-likeness (QED) is 0.739. The minimum Gasteiger partial charge on any atom is -0.431 e. The van der Waals surface area contributed by atoms with Crippen molar-refractivity contribution in [1.29, 1.82) is 0 Å². The number of furan rings is 1. The second kappa shape index (κ2) is 2.73. The molecule has 4 nitrogen and oxygen atoms in total. The van der Waals surface area contributed by atoms with Crippen LogP contribution in [-0.2, 0) is 0 Å². The maximum Gasteiger partial charge on any atom is 0.290 e. The molecule has 0 atom stereocenters. The summed E-state index contributed by atoms with van der Waals surface area (Å²) in [5.74, 6) is 1.95. The van der Waals surface area contributed by atoms with Gasteiger partial charge in [-0.05, 0) is 13.0 Å². The van der Waals surface area contributed by atoms with Crippen molar-refractivity contribution in [3.05, 3.63) is 30.3 Å². The third-order valence-corrected chi connectivity index (χ3v) is 1.41. The van der Waals surface area contributed by atoms with Crippen molar-refractivity contribution < 1.29 is 9.15 Å². The Morgan fingerprint density at radius 3 is 3.00 bits per heavy atom. The van der Waals surface area contributed by atoms with Crippen molar-refractivity contribution in [2.45, 2.75) is 6.92 Å². The van der Waals surface area contributed by atoms with Gasteiger partial charge in [-0.2, -0.15) is 5.10 Å². The smallest absolute Gasteiger partial charge is 0.290 e. The van der Waals surface area contributed by atoms with Crippen molar-refractivity contribution in [1.82, 2.24) is 10.2 Å². The Kier molecular flexibility index (Phi) is 1.59. The van der Waals surface area contributed by atoms with E-state index in [9.17, 15) is 0 Å². The highest BCUT2D eigenvalue weighted by Gasteiger charge is 2.00. The first kappa shape index (κ1) is 6.97. The van der Waals surface area contributed by atoms with Gasteiger partial charge in [0.15, 0.2) is 5.75 Å². The highest BCUT2D eigenvalue weighted by atomic mass is 16.6. The van der Waals surface area contributed by atoms with Crippen molar-refractivity contribution in [2.75, 3.05) is 0 Å². The van der Waals surface area contributed by atoms with E-state index in [0.717, 1.165) is 5.76 Å². The van der Waals surface area contributed by atoms with E-state index >= 15 is 0 Å². The lowest BCUT2D eigenvalue weighted by Crippen LogP contribution is -1.76. The van der Waals surface area contributed by atoms with Crippen LogP contribution in [0.2, 0.25) is 0 Å². The maximum absolute atomic E-state index is 5.28. The van der Waals surface area contributed by atoms with Gasteiger partial charge in [0.2, 0.25) is 0 Å². The molecule has 2 heterocycles. The number of hydrogen-bond donors (Lipinski definition) is 1. The van der Waals surface area contributed by atoms with E-state index in [-0.39, 0.29) is 0 Å². The van der Waals surface area contributed by atoms with Crippen LogP contribution in [-0.4, -0.2) is 10.2 Å². The number of H-pyrrole nitrogens is 1. The van der Waals surface area contributed by atoms with Crippen LogP contribution < -0.4 is 4.74 Å². The minimum atomic E-state index is 0.480. The van der Waals surface area contributed by atoms with Gasteiger partial charge in [-0.3, -0.25) is 5.10 Å². The zero-order valence-corrected chi connectivity index (χ0v) is 6.57. The average molecular weight is 164 g/mol. The molecule has 0 bridgehead atoms. The van der Waals surface area contributed by atoms with E-state index in [2.05, 4.69) is 10.2 Å². The first-order chi connectivity index (χ1) is 5.84. The summed E-state index contributed by atoms with van der Waals surface area (Å²) in [6.45, 7) is 1.86. The number of hydrogen-bond acceptors (Lipinski definition) is 3. The molecule has 0 aliphatic rings. The summed E-state index contributed by atoms with van der Waals surface area (Å²) in [7, 11) is 0. The Balaban J connectivity index is 2.14. The fourth-order valence-electron chi connectivity index (χ4n) is 0.878. The molecule has 0 saturated carbocycles. The van der Waals surface area contributed by atoms with Crippen LogP contribution >= 0.6 is 0 Å². The van der Waals surface area contributed by atoms with Gasteiger partial charge in [0.05, 0.1) is 12.4 Å². The first-order valence-corrected chi connectivity index (χ1v) is 3.58. The lowest BCUT2D eigenvalue weighted by atomic mass is 10.5. The fraction of sp³-hybridized carbons (Fsp3) is 0.125. The second-order valence-corrected chi connectivity index (χ2v) is 2.40. The monoisotopic (exact) mass is 164 g/mol. The Morgan fingerprint density at radius 1 is 1.50 bits per heavy atom. The summed E-state index contributed by atoms with van der Waals surface area (Å²) in [5.41, 5.74) is 0. The number of nitrogens with one attached hydrogen (secondary N) is 1. The van der Waals surface area contributed by atoms with Gasteiger partial charge in [-0.25, -0.2) is 0 Å². The molecule has 0 unspecified atom stereocenters. The Hall–Kier alpha value is -1.71. The molecule has 62 valence electrons. The lowest BCUT2D eigenvalue weighted by molar-refractivity contribution is 0.338. The second-order valence-electron chi connectivity index (χ2n) is 2.40. The Morgan fingerprint density at radius 2 is 2.42 bits per heavy atom. The van der Waals surface area contributed by atoms with Gasteiger partial charge in [-0.15, -0.1) is 0 Å². The van der Waals surface area contributed by atoms with Crippen molar-refractivity contribution in [3.8, 4) is 11.7 Å². The third-order valence-electron chi connectivity index (χ3n) is 1.41. The Labute approximate surface area is 69.2 Å². The van der Waals surface area contributed by atoms with E-state index in [0.29, 0.717) is 11.7 Å². The molecule has 0 amide bonds. The van der Waals surface area contributed by atoms with E-state index < -0.39 is 0 Å². The molecular formula is C8H8N2O2. The van der Waals surface area contributed by atoms with Crippen LogP contribution in [0.1, 0.15) is 5.76 Å².